The summed E-state index contributed by atoms with van der Waals surface area (Å²) in [7, 11) is 0. The van der Waals surface area contributed by atoms with E-state index in [4.69, 9.17) is 5.11 Å². The fourth-order valence-electron chi connectivity index (χ4n) is 2.14. The molecule has 0 saturated carbocycles. The Morgan fingerprint density at radius 2 is 2.24 bits per heavy atom. The smallest absolute Gasteiger partial charge is 0.251 e. The number of aliphatic hydroxyl groups excluding tert-OH is 1. The Bertz CT molecular complexity index is 569. The molecule has 0 radical (unpaired) electrons. The predicted molar refractivity (Wildman–Crippen MR) is 78.8 cm³/mol. The molecule has 2 aromatic rings. The summed E-state index contributed by atoms with van der Waals surface area (Å²) in [6.45, 7) is 2.59. The SMILES string of the molecule is CC(CCCO)NC(=O)c1ccccc1Cn1cncn1. The van der Waals surface area contributed by atoms with Crippen molar-refractivity contribution in [3.05, 3.63) is 48.0 Å². The van der Waals surface area contributed by atoms with E-state index in [0.29, 0.717) is 18.5 Å². The number of hydrogen-bond acceptors (Lipinski definition) is 4. The highest BCUT2D eigenvalue weighted by Gasteiger charge is 2.13. The van der Waals surface area contributed by atoms with E-state index in [1.165, 1.54) is 6.33 Å². The summed E-state index contributed by atoms with van der Waals surface area (Å²) in [5.74, 6) is -0.101. The molecule has 1 atom stereocenters. The minimum absolute atomic E-state index is 0.0316. The zero-order valence-corrected chi connectivity index (χ0v) is 12.1. The van der Waals surface area contributed by atoms with Gasteiger partial charge < -0.3 is 10.4 Å². The first-order chi connectivity index (χ1) is 10.2. The number of carbonyl (C=O) groups is 1. The van der Waals surface area contributed by atoms with Gasteiger partial charge in [-0.2, -0.15) is 5.10 Å². The van der Waals surface area contributed by atoms with Crippen LogP contribution < -0.4 is 5.32 Å². The Hall–Kier alpha value is -2.21. The Morgan fingerprint density at radius 1 is 1.43 bits per heavy atom. The average molecular weight is 288 g/mol. The van der Waals surface area contributed by atoms with Crippen LogP contribution >= 0.6 is 0 Å². The topological polar surface area (TPSA) is 80.0 Å². The molecule has 1 aromatic heterocycles. The molecule has 1 heterocycles. The second kappa shape index (κ2) is 7.54. The lowest BCUT2D eigenvalue weighted by molar-refractivity contribution is 0.0935. The van der Waals surface area contributed by atoms with Crippen LogP contribution in [0.1, 0.15) is 35.7 Å². The molecule has 6 nitrogen and oxygen atoms in total. The summed E-state index contributed by atoms with van der Waals surface area (Å²) in [6.07, 6.45) is 4.54. The van der Waals surface area contributed by atoms with Crippen LogP contribution in [0.2, 0.25) is 0 Å². The van der Waals surface area contributed by atoms with Crippen LogP contribution in [0, 0.1) is 0 Å². The fourth-order valence-corrected chi connectivity index (χ4v) is 2.14. The van der Waals surface area contributed by atoms with Crippen LogP contribution in [0.15, 0.2) is 36.9 Å². The van der Waals surface area contributed by atoms with Crippen molar-refractivity contribution in [2.45, 2.75) is 32.4 Å². The van der Waals surface area contributed by atoms with Crippen molar-refractivity contribution in [3.63, 3.8) is 0 Å². The van der Waals surface area contributed by atoms with Crippen LogP contribution in [0.5, 0.6) is 0 Å². The summed E-state index contributed by atoms with van der Waals surface area (Å²) in [6, 6.07) is 7.50. The molecule has 1 unspecified atom stereocenters. The van der Waals surface area contributed by atoms with Crippen LogP contribution in [0.3, 0.4) is 0 Å². The number of benzene rings is 1. The van der Waals surface area contributed by atoms with E-state index in [1.54, 1.807) is 17.1 Å². The standard InChI is InChI=1S/C15H20N4O2/c1-12(5-4-8-20)18-15(21)14-7-3-2-6-13(14)9-19-11-16-10-17-19/h2-3,6-7,10-12,20H,4-5,8-9H2,1H3,(H,18,21). The maximum Gasteiger partial charge on any atom is 0.251 e. The quantitative estimate of drug-likeness (QED) is 0.802. The molecule has 0 aliphatic carbocycles. The predicted octanol–water partition coefficient (Wildman–Crippen LogP) is 1.22. The van der Waals surface area contributed by atoms with Gasteiger partial charge in [-0.15, -0.1) is 0 Å². The molecule has 0 fully saturated rings. The first kappa shape index (κ1) is 15.2. The van der Waals surface area contributed by atoms with Crippen molar-refractivity contribution in [2.24, 2.45) is 0 Å². The fraction of sp³-hybridized carbons (Fsp3) is 0.400. The Labute approximate surface area is 123 Å². The van der Waals surface area contributed by atoms with Crippen molar-refractivity contribution in [3.8, 4) is 0 Å². The van der Waals surface area contributed by atoms with Crippen LogP contribution in [-0.2, 0) is 6.54 Å². The summed E-state index contributed by atoms with van der Waals surface area (Å²) in [5.41, 5.74) is 1.54. The van der Waals surface area contributed by atoms with E-state index in [-0.39, 0.29) is 18.6 Å². The minimum Gasteiger partial charge on any atom is -0.396 e. The third-order valence-electron chi connectivity index (χ3n) is 3.23. The van der Waals surface area contributed by atoms with Crippen LogP contribution in [0.4, 0.5) is 0 Å². The highest BCUT2D eigenvalue weighted by Crippen LogP contribution is 2.11. The molecule has 0 aliphatic rings. The van der Waals surface area contributed by atoms with Gasteiger partial charge in [-0.1, -0.05) is 18.2 Å². The monoisotopic (exact) mass is 288 g/mol. The van der Waals surface area contributed by atoms with Crippen molar-refractivity contribution in [2.75, 3.05) is 6.61 Å². The highest BCUT2D eigenvalue weighted by molar-refractivity contribution is 5.95. The number of carbonyl (C=O) groups excluding carboxylic acids is 1. The van der Waals surface area contributed by atoms with Crippen molar-refractivity contribution < 1.29 is 9.90 Å². The van der Waals surface area contributed by atoms with E-state index < -0.39 is 0 Å². The van der Waals surface area contributed by atoms with E-state index in [2.05, 4.69) is 15.4 Å². The lowest BCUT2D eigenvalue weighted by atomic mass is 10.1. The van der Waals surface area contributed by atoms with Crippen LogP contribution in [-0.4, -0.2) is 38.4 Å². The summed E-state index contributed by atoms with van der Waals surface area (Å²) >= 11 is 0. The maximum absolute atomic E-state index is 12.3. The Morgan fingerprint density at radius 3 is 2.95 bits per heavy atom. The van der Waals surface area contributed by atoms with Gasteiger partial charge in [0.05, 0.1) is 6.54 Å². The summed E-state index contributed by atoms with van der Waals surface area (Å²) in [4.78, 5) is 16.3. The molecule has 21 heavy (non-hydrogen) atoms. The van der Waals surface area contributed by atoms with Gasteiger partial charge in [0.15, 0.2) is 0 Å². The molecular formula is C15H20N4O2. The molecular weight excluding hydrogens is 268 g/mol. The number of nitrogens with zero attached hydrogens (tertiary/aromatic N) is 3. The molecule has 2 rings (SSSR count). The van der Waals surface area contributed by atoms with E-state index in [1.807, 2.05) is 25.1 Å². The largest absolute Gasteiger partial charge is 0.396 e. The molecule has 1 aromatic carbocycles. The number of amides is 1. The van der Waals surface area contributed by atoms with Gasteiger partial charge in [-0.25, -0.2) is 9.67 Å². The van der Waals surface area contributed by atoms with Gasteiger partial charge in [0, 0.05) is 18.2 Å². The molecule has 112 valence electrons. The van der Waals surface area contributed by atoms with Crippen molar-refractivity contribution in [1.29, 1.82) is 0 Å². The highest BCUT2D eigenvalue weighted by atomic mass is 16.3. The lowest BCUT2D eigenvalue weighted by Crippen LogP contribution is -2.33. The number of nitrogens with one attached hydrogen (secondary N) is 1. The molecule has 0 saturated heterocycles. The third-order valence-corrected chi connectivity index (χ3v) is 3.23. The molecule has 1 amide bonds. The van der Waals surface area contributed by atoms with E-state index in [9.17, 15) is 4.79 Å². The van der Waals surface area contributed by atoms with E-state index in [0.717, 1.165) is 12.0 Å². The van der Waals surface area contributed by atoms with Crippen molar-refractivity contribution in [1.82, 2.24) is 20.1 Å². The molecule has 2 N–H and O–H groups in total. The van der Waals surface area contributed by atoms with Gasteiger partial charge in [-0.3, -0.25) is 4.79 Å². The van der Waals surface area contributed by atoms with E-state index >= 15 is 0 Å². The molecule has 0 bridgehead atoms. The Kier molecular flexibility index (Phi) is 5.45. The van der Waals surface area contributed by atoms with Crippen LogP contribution in [0.25, 0.3) is 0 Å². The number of aliphatic hydroxyl groups is 1. The second-order valence-electron chi connectivity index (χ2n) is 4.99. The molecule has 0 spiro atoms. The average Bonchev–Trinajstić information content (AvgIpc) is 2.98. The van der Waals surface area contributed by atoms with Gasteiger partial charge in [-0.05, 0) is 31.4 Å². The second-order valence-corrected chi connectivity index (χ2v) is 4.99. The first-order valence-electron chi connectivity index (χ1n) is 7.02. The number of rotatable bonds is 7. The first-order valence-corrected chi connectivity index (χ1v) is 7.02. The van der Waals surface area contributed by atoms with Crippen molar-refractivity contribution >= 4 is 5.91 Å². The third kappa shape index (κ3) is 4.39. The van der Waals surface area contributed by atoms with Gasteiger partial charge in [0.2, 0.25) is 0 Å². The van der Waals surface area contributed by atoms with Gasteiger partial charge in [0.1, 0.15) is 12.7 Å². The van der Waals surface area contributed by atoms with Gasteiger partial charge >= 0.3 is 0 Å². The van der Waals surface area contributed by atoms with Gasteiger partial charge in [0.25, 0.3) is 5.91 Å². The minimum atomic E-state index is -0.101. The number of aromatic nitrogens is 3. The summed E-state index contributed by atoms with van der Waals surface area (Å²) in [5, 5.41) is 15.8. The summed E-state index contributed by atoms with van der Waals surface area (Å²) < 4.78 is 1.68. The lowest BCUT2D eigenvalue weighted by Gasteiger charge is -2.15. The number of hydrogen-bond donors (Lipinski definition) is 2. The zero-order valence-electron chi connectivity index (χ0n) is 12.1. The normalized spacial score (nSPS) is 12.1. The molecule has 0 aliphatic heterocycles. The maximum atomic E-state index is 12.3. The zero-order chi connectivity index (χ0) is 15.1. The molecule has 6 heteroatoms. The Balaban J connectivity index is 2.06.